The van der Waals surface area contributed by atoms with E-state index >= 15 is 0 Å². The summed E-state index contributed by atoms with van der Waals surface area (Å²) in [6, 6.07) is 7.80. The number of nitrogens with one attached hydrogen (secondary N) is 1. The highest BCUT2D eigenvalue weighted by molar-refractivity contribution is 5.75. The van der Waals surface area contributed by atoms with E-state index in [-0.39, 0.29) is 5.91 Å². The third kappa shape index (κ3) is 3.59. The molecule has 0 aliphatic carbocycles. The highest BCUT2D eigenvalue weighted by atomic mass is 16.5. The van der Waals surface area contributed by atoms with Gasteiger partial charge >= 0.3 is 0 Å². The lowest BCUT2D eigenvalue weighted by Crippen LogP contribution is -2.29. The fraction of sp³-hybridized carbons (Fsp3) is 0.364. The molecule has 4 nitrogen and oxygen atoms in total. The molecule has 0 aromatic heterocycles. The number of carbonyl (C=O) groups excluding carboxylic acids is 1. The molecule has 0 aliphatic heterocycles. The van der Waals surface area contributed by atoms with Gasteiger partial charge in [0.25, 0.3) is 0 Å². The molecule has 0 saturated heterocycles. The van der Waals surface area contributed by atoms with Gasteiger partial charge in [0, 0.05) is 6.42 Å². The normalized spacial score (nSPS) is 9.73. The SMILES string of the molecule is COc1ccccc1CCCC(=O)NN. The second-order valence-corrected chi connectivity index (χ2v) is 3.23. The van der Waals surface area contributed by atoms with Gasteiger partial charge in [0.05, 0.1) is 7.11 Å². The van der Waals surface area contributed by atoms with Crippen molar-refractivity contribution in [3.8, 4) is 5.75 Å². The Morgan fingerprint density at radius 2 is 2.20 bits per heavy atom. The Bertz CT molecular complexity index is 326. The third-order valence-electron chi connectivity index (χ3n) is 2.20. The molecule has 1 aromatic carbocycles. The zero-order valence-electron chi connectivity index (χ0n) is 8.82. The van der Waals surface area contributed by atoms with Gasteiger partial charge in [-0.25, -0.2) is 5.84 Å². The van der Waals surface area contributed by atoms with Gasteiger partial charge in [-0.15, -0.1) is 0 Å². The number of amides is 1. The van der Waals surface area contributed by atoms with E-state index in [4.69, 9.17) is 10.6 Å². The van der Waals surface area contributed by atoms with Crippen LogP contribution < -0.4 is 16.0 Å². The predicted molar refractivity (Wildman–Crippen MR) is 58.3 cm³/mol. The lowest BCUT2D eigenvalue weighted by Gasteiger charge is -2.07. The van der Waals surface area contributed by atoms with Gasteiger partial charge in [-0.05, 0) is 24.5 Å². The Hall–Kier alpha value is -1.55. The van der Waals surface area contributed by atoms with Gasteiger partial charge in [0.1, 0.15) is 5.75 Å². The molecule has 0 unspecified atom stereocenters. The molecule has 0 saturated carbocycles. The number of rotatable bonds is 5. The Balaban J connectivity index is 2.46. The Labute approximate surface area is 89.4 Å². The Morgan fingerprint density at radius 3 is 2.87 bits per heavy atom. The van der Waals surface area contributed by atoms with Crippen LogP contribution in [0, 0.1) is 0 Å². The molecule has 0 spiro atoms. The van der Waals surface area contributed by atoms with Crippen molar-refractivity contribution in [2.24, 2.45) is 5.84 Å². The van der Waals surface area contributed by atoms with E-state index in [9.17, 15) is 4.79 Å². The van der Waals surface area contributed by atoms with Crippen molar-refractivity contribution in [3.05, 3.63) is 29.8 Å². The van der Waals surface area contributed by atoms with Crippen LogP contribution in [0.15, 0.2) is 24.3 Å². The maximum absolute atomic E-state index is 10.9. The molecule has 4 heteroatoms. The van der Waals surface area contributed by atoms with Crippen LogP contribution in [0.5, 0.6) is 5.75 Å². The van der Waals surface area contributed by atoms with Gasteiger partial charge < -0.3 is 4.74 Å². The lowest BCUT2D eigenvalue weighted by molar-refractivity contribution is -0.121. The van der Waals surface area contributed by atoms with E-state index in [1.54, 1.807) is 7.11 Å². The molecule has 0 heterocycles. The molecule has 15 heavy (non-hydrogen) atoms. The Kier molecular flexibility index (Phi) is 4.63. The third-order valence-corrected chi connectivity index (χ3v) is 2.20. The van der Waals surface area contributed by atoms with E-state index in [2.05, 4.69) is 5.43 Å². The summed E-state index contributed by atoms with van der Waals surface area (Å²) in [5, 5.41) is 0. The fourth-order valence-electron chi connectivity index (χ4n) is 1.42. The quantitative estimate of drug-likeness (QED) is 0.431. The summed E-state index contributed by atoms with van der Waals surface area (Å²) in [7, 11) is 1.64. The number of ether oxygens (including phenoxy) is 1. The summed E-state index contributed by atoms with van der Waals surface area (Å²) in [5.41, 5.74) is 3.23. The van der Waals surface area contributed by atoms with Crippen LogP contribution in [0.4, 0.5) is 0 Å². The highest BCUT2D eigenvalue weighted by Gasteiger charge is 2.03. The fourth-order valence-corrected chi connectivity index (χ4v) is 1.42. The summed E-state index contributed by atoms with van der Waals surface area (Å²) >= 11 is 0. The topological polar surface area (TPSA) is 64.3 Å². The number of methoxy groups -OCH3 is 1. The second kappa shape index (κ2) is 6.03. The molecular formula is C11H16N2O2. The number of hydrogen-bond acceptors (Lipinski definition) is 3. The van der Waals surface area contributed by atoms with E-state index in [1.807, 2.05) is 24.3 Å². The predicted octanol–water partition coefficient (Wildman–Crippen LogP) is 1.01. The highest BCUT2D eigenvalue weighted by Crippen LogP contribution is 2.19. The maximum atomic E-state index is 10.9. The van der Waals surface area contributed by atoms with Crippen molar-refractivity contribution in [1.82, 2.24) is 5.43 Å². The van der Waals surface area contributed by atoms with Gasteiger partial charge in [-0.1, -0.05) is 18.2 Å². The molecule has 1 aromatic rings. The number of carbonyl (C=O) groups is 1. The average molecular weight is 208 g/mol. The zero-order chi connectivity index (χ0) is 11.1. The van der Waals surface area contributed by atoms with E-state index in [0.29, 0.717) is 6.42 Å². The molecule has 3 N–H and O–H groups in total. The number of para-hydroxylation sites is 1. The molecule has 0 bridgehead atoms. The van der Waals surface area contributed by atoms with Crippen LogP contribution in [0.25, 0.3) is 0 Å². The van der Waals surface area contributed by atoms with Crippen LogP contribution in [0.3, 0.4) is 0 Å². The summed E-state index contributed by atoms with van der Waals surface area (Å²) in [6.45, 7) is 0. The van der Waals surface area contributed by atoms with Crippen LogP contribution in [-0.2, 0) is 11.2 Å². The standard InChI is InChI=1S/C11H16N2O2/c1-15-10-7-3-2-5-9(10)6-4-8-11(14)13-12/h2-3,5,7H,4,6,8,12H2,1H3,(H,13,14). The summed E-state index contributed by atoms with van der Waals surface area (Å²) in [5.74, 6) is 5.72. The minimum Gasteiger partial charge on any atom is -0.496 e. The van der Waals surface area contributed by atoms with Crippen LogP contribution in [0.1, 0.15) is 18.4 Å². The number of aryl methyl sites for hydroxylation is 1. The van der Waals surface area contributed by atoms with Crippen LogP contribution in [0.2, 0.25) is 0 Å². The zero-order valence-corrected chi connectivity index (χ0v) is 8.82. The number of benzene rings is 1. The number of hydrogen-bond donors (Lipinski definition) is 2. The molecular weight excluding hydrogens is 192 g/mol. The smallest absolute Gasteiger partial charge is 0.233 e. The maximum Gasteiger partial charge on any atom is 0.233 e. The Morgan fingerprint density at radius 1 is 1.47 bits per heavy atom. The lowest BCUT2D eigenvalue weighted by atomic mass is 10.1. The first kappa shape index (κ1) is 11.5. The molecule has 0 atom stereocenters. The van der Waals surface area contributed by atoms with Crippen molar-refractivity contribution in [2.75, 3.05) is 7.11 Å². The van der Waals surface area contributed by atoms with Crippen molar-refractivity contribution < 1.29 is 9.53 Å². The second-order valence-electron chi connectivity index (χ2n) is 3.23. The first-order valence-corrected chi connectivity index (χ1v) is 4.89. The molecule has 0 aliphatic rings. The van der Waals surface area contributed by atoms with E-state index in [0.717, 1.165) is 24.2 Å². The minimum absolute atomic E-state index is 0.134. The summed E-state index contributed by atoms with van der Waals surface area (Å²) in [6.07, 6.45) is 2.02. The van der Waals surface area contributed by atoms with Crippen LogP contribution >= 0.6 is 0 Å². The van der Waals surface area contributed by atoms with E-state index in [1.165, 1.54) is 0 Å². The monoisotopic (exact) mass is 208 g/mol. The molecule has 0 fully saturated rings. The molecule has 1 amide bonds. The average Bonchev–Trinajstić information content (AvgIpc) is 2.29. The first-order chi connectivity index (χ1) is 7.27. The molecule has 82 valence electrons. The van der Waals surface area contributed by atoms with Crippen LogP contribution in [-0.4, -0.2) is 13.0 Å². The van der Waals surface area contributed by atoms with Gasteiger partial charge in [-0.3, -0.25) is 10.2 Å². The van der Waals surface area contributed by atoms with Gasteiger partial charge in [-0.2, -0.15) is 0 Å². The molecule has 0 radical (unpaired) electrons. The summed E-state index contributed by atoms with van der Waals surface area (Å²) in [4.78, 5) is 10.9. The summed E-state index contributed by atoms with van der Waals surface area (Å²) < 4.78 is 5.20. The number of hydrazine groups is 1. The van der Waals surface area contributed by atoms with Gasteiger partial charge in [0.2, 0.25) is 5.91 Å². The molecule has 1 rings (SSSR count). The minimum atomic E-state index is -0.134. The first-order valence-electron chi connectivity index (χ1n) is 4.89. The largest absolute Gasteiger partial charge is 0.496 e. The van der Waals surface area contributed by atoms with E-state index < -0.39 is 0 Å². The van der Waals surface area contributed by atoms with Crippen molar-refractivity contribution in [2.45, 2.75) is 19.3 Å². The number of nitrogens with two attached hydrogens (primary N) is 1. The van der Waals surface area contributed by atoms with Crippen molar-refractivity contribution >= 4 is 5.91 Å². The van der Waals surface area contributed by atoms with Crippen molar-refractivity contribution in [1.29, 1.82) is 0 Å². The van der Waals surface area contributed by atoms with Gasteiger partial charge in [0.15, 0.2) is 0 Å². The van der Waals surface area contributed by atoms with Crippen molar-refractivity contribution in [3.63, 3.8) is 0 Å².